The van der Waals surface area contributed by atoms with Gasteiger partial charge in [0.1, 0.15) is 5.84 Å². The molecule has 0 fully saturated rings. The molecule has 0 spiro atoms. The van der Waals surface area contributed by atoms with Crippen molar-refractivity contribution in [2.24, 2.45) is 10.7 Å². The molecular weight excluding hydrogens is 184 g/mol. The molecule has 0 saturated heterocycles. The molecule has 2 rings (SSSR count). The first-order chi connectivity index (χ1) is 6.18. The Morgan fingerprint density at radius 3 is 3.00 bits per heavy atom. The van der Waals surface area contributed by atoms with Gasteiger partial charge in [-0.2, -0.15) is 0 Å². The van der Waals surface area contributed by atoms with E-state index in [1.54, 1.807) is 0 Å². The predicted molar refractivity (Wildman–Crippen MR) is 55.5 cm³/mol. The molecular formula is C10H11ClN2. The SMILES string of the molecule is Cc1cc2c(cc1Cl)CCN=C2N. The van der Waals surface area contributed by atoms with Gasteiger partial charge in [0, 0.05) is 17.1 Å². The first-order valence-corrected chi connectivity index (χ1v) is 4.65. The topological polar surface area (TPSA) is 38.4 Å². The lowest BCUT2D eigenvalue weighted by Crippen LogP contribution is -2.21. The minimum Gasteiger partial charge on any atom is -0.383 e. The number of hydrogen-bond donors (Lipinski definition) is 1. The van der Waals surface area contributed by atoms with Crippen molar-refractivity contribution in [1.29, 1.82) is 0 Å². The van der Waals surface area contributed by atoms with E-state index in [0.29, 0.717) is 5.84 Å². The molecule has 0 amide bonds. The molecule has 1 aromatic carbocycles. The number of nitrogens with zero attached hydrogens (tertiary/aromatic N) is 1. The van der Waals surface area contributed by atoms with Gasteiger partial charge in [-0.15, -0.1) is 0 Å². The highest BCUT2D eigenvalue weighted by atomic mass is 35.5. The van der Waals surface area contributed by atoms with Crippen LogP contribution >= 0.6 is 11.6 Å². The number of benzene rings is 1. The van der Waals surface area contributed by atoms with Crippen molar-refractivity contribution < 1.29 is 0 Å². The lowest BCUT2D eigenvalue weighted by molar-refractivity contribution is 0.938. The van der Waals surface area contributed by atoms with Crippen LogP contribution in [0.1, 0.15) is 16.7 Å². The van der Waals surface area contributed by atoms with E-state index in [0.717, 1.165) is 29.1 Å². The second kappa shape index (κ2) is 3.04. The van der Waals surface area contributed by atoms with Crippen LogP contribution in [0.25, 0.3) is 0 Å². The van der Waals surface area contributed by atoms with Crippen molar-refractivity contribution in [2.75, 3.05) is 6.54 Å². The molecule has 1 aromatic rings. The van der Waals surface area contributed by atoms with Gasteiger partial charge in [0.25, 0.3) is 0 Å². The third kappa shape index (κ3) is 1.42. The maximum atomic E-state index is 6.01. The van der Waals surface area contributed by atoms with Crippen molar-refractivity contribution in [3.8, 4) is 0 Å². The van der Waals surface area contributed by atoms with E-state index in [1.165, 1.54) is 5.56 Å². The highest BCUT2D eigenvalue weighted by molar-refractivity contribution is 6.31. The molecule has 0 radical (unpaired) electrons. The van der Waals surface area contributed by atoms with Crippen molar-refractivity contribution in [1.82, 2.24) is 0 Å². The lowest BCUT2D eigenvalue weighted by Gasteiger charge is -2.15. The first kappa shape index (κ1) is 8.57. The molecule has 0 aliphatic carbocycles. The Labute approximate surface area is 82.4 Å². The van der Waals surface area contributed by atoms with Crippen LogP contribution in [0.5, 0.6) is 0 Å². The Balaban J connectivity index is 2.61. The minimum atomic E-state index is 0.640. The molecule has 0 unspecified atom stereocenters. The van der Waals surface area contributed by atoms with Crippen LogP contribution < -0.4 is 5.73 Å². The number of halogens is 1. The van der Waals surface area contributed by atoms with Crippen LogP contribution in [0.2, 0.25) is 5.02 Å². The summed E-state index contributed by atoms with van der Waals surface area (Å²) in [5.41, 5.74) is 9.09. The number of nitrogens with two attached hydrogens (primary N) is 1. The van der Waals surface area contributed by atoms with Crippen LogP contribution in [0.4, 0.5) is 0 Å². The van der Waals surface area contributed by atoms with E-state index >= 15 is 0 Å². The zero-order valence-corrected chi connectivity index (χ0v) is 8.23. The number of rotatable bonds is 0. The molecule has 0 atom stereocenters. The molecule has 2 nitrogen and oxygen atoms in total. The van der Waals surface area contributed by atoms with Crippen LogP contribution in [0.3, 0.4) is 0 Å². The molecule has 3 heteroatoms. The zero-order chi connectivity index (χ0) is 9.42. The number of aliphatic imine (C=N–C) groups is 1. The largest absolute Gasteiger partial charge is 0.383 e. The lowest BCUT2D eigenvalue weighted by atomic mass is 9.99. The zero-order valence-electron chi connectivity index (χ0n) is 7.47. The molecule has 1 aliphatic rings. The van der Waals surface area contributed by atoms with E-state index in [9.17, 15) is 0 Å². The van der Waals surface area contributed by atoms with Crippen LogP contribution in [-0.4, -0.2) is 12.4 Å². The average Bonchev–Trinajstić information content (AvgIpc) is 2.09. The maximum absolute atomic E-state index is 6.01. The van der Waals surface area contributed by atoms with Gasteiger partial charge in [0.05, 0.1) is 0 Å². The Hall–Kier alpha value is -1.02. The normalized spacial score (nSPS) is 15.1. The molecule has 0 saturated carbocycles. The second-order valence-corrected chi connectivity index (χ2v) is 3.68. The van der Waals surface area contributed by atoms with E-state index in [4.69, 9.17) is 17.3 Å². The molecule has 2 N–H and O–H groups in total. The van der Waals surface area contributed by atoms with Gasteiger partial charge in [0.2, 0.25) is 0 Å². The molecule has 1 heterocycles. The average molecular weight is 195 g/mol. The Kier molecular flexibility index (Phi) is 2.00. The summed E-state index contributed by atoms with van der Waals surface area (Å²) in [5.74, 6) is 0.640. The highest BCUT2D eigenvalue weighted by Gasteiger charge is 2.12. The fourth-order valence-electron chi connectivity index (χ4n) is 1.55. The summed E-state index contributed by atoms with van der Waals surface area (Å²) in [6.07, 6.45) is 0.941. The molecule has 13 heavy (non-hydrogen) atoms. The molecule has 68 valence electrons. The summed E-state index contributed by atoms with van der Waals surface area (Å²) >= 11 is 6.01. The first-order valence-electron chi connectivity index (χ1n) is 4.28. The van der Waals surface area contributed by atoms with Crippen LogP contribution in [-0.2, 0) is 6.42 Å². The van der Waals surface area contributed by atoms with E-state index in [1.807, 2.05) is 19.1 Å². The number of aryl methyl sites for hydroxylation is 1. The standard InChI is InChI=1S/C10H11ClN2/c1-6-4-8-7(5-9(6)11)2-3-13-10(8)12/h4-5H,2-3H2,1H3,(H2,12,13). The molecule has 0 aromatic heterocycles. The van der Waals surface area contributed by atoms with Crippen molar-refractivity contribution in [2.45, 2.75) is 13.3 Å². The number of hydrogen-bond acceptors (Lipinski definition) is 2. The fraction of sp³-hybridized carbons (Fsp3) is 0.300. The van der Waals surface area contributed by atoms with Crippen molar-refractivity contribution in [3.63, 3.8) is 0 Å². The third-order valence-corrected chi connectivity index (χ3v) is 2.73. The van der Waals surface area contributed by atoms with E-state index < -0.39 is 0 Å². The van der Waals surface area contributed by atoms with Gasteiger partial charge in [-0.3, -0.25) is 4.99 Å². The van der Waals surface area contributed by atoms with Gasteiger partial charge in [-0.1, -0.05) is 11.6 Å². The summed E-state index contributed by atoms with van der Waals surface area (Å²) in [6, 6.07) is 4.00. The summed E-state index contributed by atoms with van der Waals surface area (Å²) in [4.78, 5) is 4.19. The maximum Gasteiger partial charge on any atom is 0.125 e. The summed E-state index contributed by atoms with van der Waals surface area (Å²) in [5, 5.41) is 0.813. The monoisotopic (exact) mass is 194 g/mol. The van der Waals surface area contributed by atoms with E-state index in [-0.39, 0.29) is 0 Å². The van der Waals surface area contributed by atoms with Gasteiger partial charge in [0.15, 0.2) is 0 Å². The summed E-state index contributed by atoms with van der Waals surface area (Å²) in [6.45, 7) is 2.75. The Morgan fingerprint density at radius 1 is 1.46 bits per heavy atom. The van der Waals surface area contributed by atoms with Crippen molar-refractivity contribution >= 4 is 17.4 Å². The second-order valence-electron chi connectivity index (χ2n) is 3.28. The summed E-state index contributed by atoms with van der Waals surface area (Å²) in [7, 11) is 0. The third-order valence-electron chi connectivity index (χ3n) is 2.32. The minimum absolute atomic E-state index is 0.640. The Morgan fingerprint density at radius 2 is 2.23 bits per heavy atom. The van der Waals surface area contributed by atoms with Gasteiger partial charge >= 0.3 is 0 Å². The molecule has 1 aliphatic heterocycles. The van der Waals surface area contributed by atoms with Crippen LogP contribution in [0.15, 0.2) is 17.1 Å². The van der Waals surface area contributed by atoms with Gasteiger partial charge in [-0.25, -0.2) is 0 Å². The molecule has 0 bridgehead atoms. The number of amidine groups is 1. The van der Waals surface area contributed by atoms with Gasteiger partial charge in [-0.05, 0) is 36.6 Å². The smallest absolute Gasteiger partial charge is 0.125 e. The highest BCUT2D eigenvalue weighted by Crippen LogP contribution is 2.23. The predicted octanol–water partition coefficient (Wildman–Crippen LogP) is 1.91. The fourth-order valence-corrected chi connectivity index (χ4v) is 1.74. The van der Waals surface area contributed by atoms with Crippen molar-refractivity contribution in [3.05, 3.63) is 33.8 Å². The Bertz CT molecular complexity index is 383. The van der Waals surface area contributed by atoms with E-state index in [2.05, 4.69) is 4.99 Å². The van der Waals surface area contributed by atoms with Gasteiger partial charge < -0.3 is 5.73 Å². The number of fused-ring (bicyclic) bond motifs is 1. The quantitative estimate of drug-likeness (QED) is 0.673. The van der Waals surface area contributed by atoms with Crippen LogP contribution in [0, 0.1) is 6.92 Å². The summed E-state index contributed by atoms with van der Waals surface area (Å²) < 4.78 is 0.